The quantitative estimate of drug-likeness (QED) is 0.149. The van der Waals surface area contributed by atoms with Crippen molar-refractivity contribution in [2.45, 2.75) is 22.4 Å². The van der Waals surface area contributed by atoms with E-state index in [1.165, 1.54) is 46.9 Å². The number of nitrogens with one attached hydrogen (secondary N) is 1. The molecule has 0 aliphatic carbocycles. The maximum atomic E-state index is 12.9. The van der Waals surface area contributed by atoms with Crippen molar-refractivity contribution in [2.24, 2.45) is 10.6 Å². The number of methoxy groups -OCH3 is 1. The Morgan fingerprint density at radius 1 is 1.40 bits per heavy atom. The fourth-order valence-corrected chi connectivity index (χ4v) is 7.56. The van der Waals surface area contributed by atoms with Crippen LogP contribution in [0.2, 0.25) is 0 Å². The summed E-state index contributed by atoms with van der Waals surface area (Å²) < 4.78 is 9.62. The Bertz CT molecular complexity index is 1160. The van der Waals surface area contributed by atoms with E-state index in [2.05, 4.69) is 30.0 Å². The summed E-state index contributed by atoms with van der Waals surface area (Å²) in [6, 6.07) is -0.843. The summed E-state index contributed by atoms with van der Waals surface area (Å²) in [6.07, 6.45) is 0. The first-order valence-corrected chi connectivity index (χ1v) is 13.5. The van der Waals surface area contributed by atoms with Crippen molar-refractivity contribution in [1.29, 1.82) is 0 Å². The topological polar surface area (TPSA) is 195 Å². The lowest BCUT2D eigenvalue weighted by Gasteiger charge is -2.53. The Balaban J connectivity index is 1.40. The lowest BCUT2D eigenvalue weighted by atomic mass is 9.89. The summed E-state index contributed by atoms with van der Waals surface area (Å²) in [7, 11) is 2.82. The second-order valence-corrected chi connectivity index (χ2v) is 11.6. The van der Waals surface area contributed by atoms with E-state index in [9.17, 15) is 19.5 Å². The summed E-state index contributed by atoms with van der Waals surface area (Å²) in [6.45, 7) is 0.350. The molecule has 2 saturated heterocycles. The van der Waals surface area contributed by atoms with E-state index < -0.39 is 28.7 Å². The van der Waals surface area contributed by atoms with Crippen LogP contribution in [-0.2, 0) is 30.6 Å². The van der Waals surface area contributed by atoms with Crippen molar-refractivity contribution >= 4 is 75.0 Å². The molecule has 2 aromatic rings. The van der Waals surface area contributed by atoms with Gasteiger partial charge in [0.25, 0.3) is 5.91 Å². The van der Waals surface area contributed by atoms with E-state index in [1.54, 1.807) is 7.11 Å². The lowest BCUT2D eigenvalue weighted by Crippen LogP contribution is -2.74. The second-order valence-electron chi connectivity index (χ2n) is 7.47. The molecule has 188 valence electrons. The summed E-state index contributed by atoms with van der Waals surface area (Å²) in [5.74, 6) is -1.63. The first kappa shape index (κ1) is 25.5. The van der Waals surface area contributed by atoms with E-state index in [0.717, 1.165) is 11.5 Å². The largest absolute Gasteiger partial charge is 0.481 e. The third-order valence-corrected chi connectivity index (χ3v) is 9.57. The minimum Gasteiger partial charge on any atom is -0.481 e. The SMILES string of the molecule is COCc1nnc(SCC2(C(=O)O)CS[C@@H]3C(NC(=O)C(=NOC)c4nsc(N)n4)C(=O)N3C2)s1. The van der Waals surface area contributed by atoms with Crippen LogP contribution in [0.15, 0.2) is 9.50 Å². The fourth-order valence-electron chi connectivity index (χ4n) is 3.40. The highest BCUT2D eigenvalue weighted by Crippen LogP contribution is 2.44. The molecule has 0 aromatic carbocycles. The molecule has 18 heteroatoms. The van der Waals surface area contributed by atoms with Crippen LogP contribution in [0.25, 0.3) is 0 Å². The van der Waals surface area contributed by atoms with Crippen LogP contribution >= 0.6 is 46.4 Å². The van der Waals surface area contributed by atoms with Crippen molar-refractivity contribution in [3.63, 3.8) is 0 Å². The number of oxime groups is 1. The first-order chi connectivity index (χ1) is 16.8. The van der Waals surface area contributed by atoms with Crippen molar-refractivity contribution in [3.05, 3.63) is 10.8 Å². The molecule has 2 amide bonds. The average Bonchev–Trinajstić information content (AvgIpc) is 3.48. The number of anilines is 1. The number of nitrogen functional groups attached to an aromatic ring is 1. The van der Waals surface area contributed by atoms with Crippen molar-refractivity contribution in [3.8, 4) is 0 Å². The molecule has 0 saturated carbocycles. The monoisotopic (exact) mass is 560 g/mol. The van der Waals surface area contributed by atoms with Crippen LogP contribution in [0.4, 0.5) is 5.13 Å². The molecule has 0 bridgehead atoms. The van der Waals surface area contributed by atoms with Gasteiger partial charge in [-0.25, -0.2) is 0 Å². The molecule has 2 aliphatic rings. The van der Waals surface area contributed by atoms with Crippen LogP contribution in [0.5, 0.6) is 0 Å². The number of carbonyl (C=O) groups is 3. The number of thioether (sulfide) groups is 2. The number of ether oxygens (including phenoxy) is 1. The molecule has 0 spiro atoms. The smallest absolute Gasteiger partial charge is 0.313 e. The zero-order valence-electron chi connectivity index (χ0n) is 18.4. The highest BCUT2D eigenvalue weighted by Gasteiger charge is 2.57. The van der Waals surface area contributed by atoms with Gasteiger partial charge in [-0.3, -0.25) is 14.4 Å². The minimum atomic E-state index is -1.17. The Kier molecular flexibility index (Phi) is 7.74. The van der Waals surface area contributed by atoms with Gasteiger partial charge in [0.15, 0.2) is 9.47 Å². The summed E-state index contributed by atoms with van der Waals surface area (Å²) >= 11 is 4.81. The molecule has 2 fully saturated rings. The van der Waals surface area contributed by atoms with E-state index >= 15 is 0 Å². The third-order valence-electron chi connectivity index (χ3n) is 5.12. The zero-order chi connectivity index (χ0) is 25.2. The van der Waals surface area contributed by atoms with Gasteiger partial charge in [-0.1, -0.05) is 28.3 Å². The maximum absolute atomic E-state index is 12.9. The Morgan fingerprint density at radius 2 is 2.20 bits per heavy atom. The summed E-state index contributed by atoms with van der Waals surface area (Å²) in [4.78, 5) is 48.0. The van der Waals surface area contributed by atoms with Crippen LogP contribution < -0.4 is 11.1 Å². The minimum absolute atomic E-state index is 0.0148. The van der Waals surface area contributed by atoms with Gasteiger partial charge in [-0.15, -0.1) is 22.0 Å². The average molecular weight is 561 g/mol. The van der Waals surface area contributed by atoms with Gasteiger partial charge in [0.1, 0.15) is 28.9 Å². The maximum Gasteiger partial charge on any atom is 0.313 e. The number of aromatic nitrogens is 4. The van der Waals surface area contributed by atoms with Gasteiger partial charge in [0.05, 0.1) is 6.61 Å². The number of aliphatic carboxylic acids is 1. The Labute approximate surface area is 215 Å². The molecule has 4 rings (SSSR count). The molecule has 4 N–H and O–H groups in total. The van der Waals surface area contributed by atoms with Crippen LogP contribution in [0.3, 0.4) is 0 Å². The number of carbonyl (C=O) groups excluding carboxylic acids is 2. The predicted molar refractivity (Wildman–Crippen MR) is 129 cm³/mol. The van der Waals surface area contributed by atoms with Crippen LogP contribution in [-0.4, -0.2) is 96.7 Å². The van der Waals surface area contributed by atoms with E-state index in [4.69, 9.17) is 15.3 Å². The number of rotatable bonds is 10. The highest BCUT2D eigenvalue weighted by atomic mass is 32.2. The molecule has 2 unspecified atom stereocenters. The van der Waals surface area contributed by atoms with Crippen molar-refractivity contribution in [2.75, 3.05) is 38.0 Å². The molecule has 35 heavy (non-hydrogen) atoms. The van der Waals surface area contributed by atoms with Gasteiger partial charge in [0, 0.05) is 36.7 Å². The molecular formula is C17H20N8O6S4. The Morgan fingerprint density at radius 3 is 2.86 bits per heavy atom. The van der Waals surface area contributed by atoms with Gasteiger partial charge in [0.2, 0.25) is 17.4 Å². The number of carboxylic acids is 1. The van der Waals surface area contributed by atoms with E-state index in [1.807, 2.05) is 0 Å². The molecular weight excluding hydrogens is 541 g/mol. The molecule has 2 aromatic heterocycles. The summed E-state index contributed by atoms with van der Waals surface area (Å²) in [5, 5.41) is 24.8. The van der Waals surface area contributed by atoms with Gasteiger partial charge < -0.3 is 30.6 Å². The fraction of sp³-hybridized carbons (Fsp3) is 0.529. The molecule has 3 atom stereocenters. The number of hydrogen-bond donors (Lipinski definition) is 3. The van der Waals surface area contributed by atoms with E-state index in [0.29, 0.717) is 16.0 Å². The normalized spacial score (nSPS) is 24.0. The predicted octanol–water partition coefficient (Wildman–Crippen LogP) is -0.268. The van der Waals surface area contributed by atoms with Gasteiger partial charge in [-0.2, -0.15) is 9.36 Å². The molecule has 2 aliphatic heterocycles. The third kappa shape index (κ3) is 5.20. The standard InChI is InChI=1S/C17H20N8O6S4/c1-30-3-7-21-22-16(34-7)33-6-17(14(28)29)4-25-12(27)9(13(25)32-5-17)19-11(26)8(23-31-2)10-20-15(18)35-24-10/h9,13H,3-6H2,1-2H3,(H,19,26)(H,28,29)(H2,18,20,24)/t9?,13-,17?/m1/s1. The van der Waals surface area contributed by atoms with Crippen LogP contribution in [0, 0.1) is 5.41 Å². The summed E-state index contributed by atoms with van der Waals surface area (Å²) in [5.41, 5.74) is 4.19. The first-order valence-electron chi connectivity index (χ1n) is 9.89. The van der Waals surface area contributed by atoms with Crippen molar-refractivity contribution in [1.82, 2.24) is 29.8 Å². The number of nitrogens with zero attached hydrogens (tertiary/aromatic N) is 6. The van der Waals surface area contributed by atoms with Crippen LogP contribution in [0.1, 0.15) is 10.8 Å². The van der Waals surface area contributed by atoms with E-state index in [-0.39, 0.29) is 40.6 Å². The number of fused-ring (bicyclic) bond motifs is 1. The number of carboxylic acid groups (broad SMARTS) is 1. The highest BCUT2D eigenvalue weighted by molar-refractivity contribution is 8.01. The lowest BCUT2D eigenvalue weighted by molar-refractivity contribution is -0.157. The number of nitrogens with two attached hydrogens (primary N) is 1. The number of hydrogen-bond acceptors (Lipinski definition) is 15. The number of β-lactam (4-membered cyclic amide) rings is 1. The second kappa shape index (κ2) is 10.6. The van der Waals surface area contributed by atoms with Gasteiger partial charge in [-0.05, 0) is 0 Å². The van der Waals surface area contributed by atoms with Crippen molar-refractivity contribution < 1.29 is 29.1 Å². The number of amides is 2. The van der Waals surface area contributed by atoms with Gasteiger partial charge >= 0.3 is 5.97 Å². The molecule has 0 radical (unpaired) electrons. The molecule has 4 heterocycles. The molecule has 14 nitrogen and oxygen atoms in total. The Hall–Kier alpha value is -2.54. The zero-order valence-corrected chi connectivity index (χ0v) is 21.6.